The van der Waals surface area contributed by atoms with Crippen LogP contribution in [-0.4, -0.2) is 23.1 Å². The molecule has 1 unspecified atom stereocenters. The molecular formula is C17H20N2O. The van der Waals surface area contributed by atoms with Crippen molar-refractivity contribution in [2.45, 2.75) is 19.0 Å². The molecule has 0 saturated heterocycles. The molecule has 1 heterocycles. The number of aromatic hydroxyl groups is 1. The first kappa shape index (κ1) is 13.2. The largest absolute Gasteiger partial charge is 0.508 e. The Balaban J connectivity index is 1.85. The summed E-state index contributed by atoms with van der Waals surface area (Å²) in [4.78, 5) is 2.40. The molecule has 0 spiro atoms. The fraction of sp³-hybridized carbons (Fsp3) is 0.294. The normalized spacial score (nSPS) is 16.6. The van der Waals surface area contributed by atoms with Crippen LogP contribution < -0.4 is 5.73 Å². The molecule has 3 rings (SSSR count). The fourth-order valence-electron chi connectivity index (χ4n) is 3.01. The van der Waals surface area contributed by atoms with Crippen LogP contribution in [-0.2, 0) is 13.0 Å². The van der Waals surface area contributed by atoms with Crippen molar-refractivity contribution >= 4 is 0 Å². The Morgan fingerprint density at radius 1 is 1.10 bits per heavy atom. The van der Waals surface area contributed by atoms with Crippen molar-refractivity contribution < 1.29 is 5.11 Å². The SMILES string of the molecule is NCC(c1cccc(O)c1)N1CCc2ccccc2C1. The summed E-state index contributed by atoms with van der Waals surface area (Å²) in [6.07, 6.45) is 1.06. The van der Waals surface area contributed by atoms with Gasteiger partial charge in [-0.15, -0.1) is 0 Å². The van der Waals surface area contributed by atoms with E-state index < -0.39 is 0 Å². The minimum Gasteiger partial charge on any atom is -0.508 e. The van der Waals surface area contributed by atoms with Gasteiger partial charge < -0.3 is 10.8 Å². The standard InChI is InChI=1S/C17H20N2O/c18-11-17(14-6-3-7-16(20)10-14)19-9-8-13-4-1-2-5-15(13)12-19/h1-7,10,17,20H,8-9,11-12,18H2. The van der Waals surface area contributed by atoms with Crippen LogP contribution >= 0.6 is 0 Å². The maximum absolute atomic E-state index is 9.65. The number of benzene rings is 2. The van der Waals surface area contributed by atoms with Crippen LogP contribution in [0.1, 0.15) is 22.7 Å². The van der Waals surface area contributed by atoms with Gasteiger partial charge in [-0.05, 0) is 35.2 Å². The van der Waals surface area contributed by atoms with E-state index in [0.717, 1.165) is 25.1 Å². The number of fused-ring (bicyclic) bond motifs is 1. The number of phenols is 1. The molecule has 1 atom stereocenters. The van der Waals surface area contributed by atoms with Crippen LogP contribution in [0.5, 0.6) is 5.75 Å². The molecule has 0 aromatic heterocycles. The van der Waals surface area contributed by atoms with E-state index in [1.54, 1.807) is 6.07 Å². The molecule has 2 aromatic carbocycles. The zero-order chi connectivity index (χ0) is 13.9. The van der Waals surface area contributed by atoms with Crippen LogP contribution in [0, 0.1) is 0 Å². The third-order valence-electron chi connectivity index (χ3n) is 4.08. The molecular weight excluding hydrogens is 248 g/mol. The van der Waals surface area contributed by atoms with Gasteiger partial charge in [-0.2, -0.15) is 0 Å². The highest BCUT2D eigenvalue weighted by Gasteiger charge is 2.23. The summed E-state index contributed by atoms with van der Waals surface area (Å²) >= 11 is 0. The lowest BCUT2D eigenvalue weighted by molar-refractivity contribution is 0.183. The molecule has 0 radical (unpaired) electrons. The van der Waals surface area contributed by atoms with E-state index in [-0.39, 0.29) is 6.04 Å². The highest BCUT2D eigenvalue weighted by molar-refractivity contribution is 5.32. The number of rotatable bonds is 3. The van der Waals surface area contributed by atoms with Gasteiger partial charge in [0.15, 0.2) is 0 Å². The Labute approximate surface area is 119 Å². The van der Waals surface area contributed by atoms with E-state index in [0.29, 0.717) is 12.3 Å². The van der Waals surface area contributed by atoms with Crippen LogP contribution in [0.2, 0.25) is 0 Å². The maximum atomic E-state index is 9.65. The van der Waals surface area contributed by atoms with Crippen LogP contribution in [0.4, 0.5) is 0 Å². The molecule has 3 N–H and O–H groups in total. The van der Waals surface area contributed by atoms with E-state index in [1.807, 2.05) is 18.2 Å². The van der Waals surface area contributed by atoms with Crippen molar-refractivity contribution in [3.8, 4) is 5.75 Å². The molecule has 1 aliphatic heterocycles. The second-order valence-corrected chi connectivity index (χ2v) is 5.34. The Hall–Kier alpha value is -1.84. The van der Waals surface area contributed by atoms with Gasteiger partial charge in [0, 0.05) is 25.7 Å². The number of phenolic OH excluding ortho intramolecular Hbond substituents is 1. The van der Waals surface area contributed by atoms with E-state index in [1.165, 1.54) is 11.1 Å². The van der Waals surface area contributed by atoms with Crippen LogP contribution in [0.15, 0.2) is 48.5 Å². The van der Waals surface area contributed by atoms with E-state index in [2.05, 4.69) is 29.2 Å². The predicted octanol–water partition coefficient (Wildman–Crippen LogP) is 2.45. The number of nitrogens with zero attached hydrogens (tertiary/aromatic N) is 1. The third kappa shape index (κ3) is 2.55. The first-order valence-electron chi connectivity index (χ1n) is 7.08. The second-order valence-electron chi connectivity index (χ2n) is 5.34. The quantitative estimate of drug-likeness (QED) is 0.899. The third-order valence-corrected chi connectivity index (χ3v) is 4.08. The molecule has 3 nitrogen and oxygen atoms in total. The van der Waals surface area contributed by atoms with Crippen molar-refractivity contribution in [2.75, 3.05) is 13.1 Å². The lowest BCUT2D eigenvalue weighted by Crippen LogP contribution is -2.37. The van der Waals surface area contributed by atoms with Crippen molar-refractivity contribution in [1.29, 1.82) is 0 Å². The van der Waals surface area contributed by atoms with Gasteiger partial charge in [0.05, 0.1) is 0 Å². The van der Waals surface area contributed by atoms with E-state index in [4.69, 9.17) is 5.73 Å². The molecule has 0 fully saturated rings. The fourth-order valence-corrected chi connectivity index (χ4v) is 3.01. The number of hydrogen-bond acceptors (Lipinski definition) is 3. The van der Waals surface area contributed by atoms with Crippen molar-refractivity contribution in [2.24, 2.45) is 5.73 Å². The summed E-state index contributed by atoms with van der Waals surface area (Å²) in [5, 5.41) is 9.65. The summed E-state index contributed by atoms with van der Waals surface area (Å²) in [7, 11) is 0. The molecule has 0 saturated carbocycles. The minimum absolute atomic E-state index is 0.162. The van der Waals surface area contributed by atoms with Crippen molar-refractivity contribution in [1.82, 2.24) is 4.90 Å². The average molecular weight is 268 g/mol. The smallest absolute Gasteiger partial charge is 0.115 e. The number of nitrogens with two attached hydrogens (primary N) is 1. The Morgan fingerprint density at radius 2 is 1.90 bits per heavy atom. The number of hydrogen-bond donors (Lipinski definition) is 2. The van der Waals surface area contributed by atoms with Gasteiger partial charge in [-0.1, -0.05) is 36.4 Å². The second kappa shape index (κ2) is 5.65. The lowest BCUT2D eigenvalue weighted by atomic mass is 9.96. The Morgan fingerprint density at radius 3 is 2.65 bits per heavy atom. The van der Waals surface area contributed by atoms with Gasteiger partial charge >= 0.3 is 0 Å². The summed E-state index contributed by atoms with van der Waals surface area (Å²) in [6, 6.07) is 16.2. The summed E-state index contributed by atoms with van der Waals surface area (Å²) < 4.78 is 0. The van der Waals surface area contributed by atoms with Crippen molar-refractivity contribution in [3.05, 3.63) is 65.2 Å². The molecule has 104 valence electrons. The maximum Gasteiger partial charge on any atom is 0.115 e. The monoisotopic (exact) mass is 268 g/mol. The van der Waals surface area contributed by atoms with E-state index in [9.17, 15) is 5.11 Å². The van der Waals surface area contributed by atoms with Gasteiger partial charge in [0.2, 0.25) is 0 Å². The summed E-state index contributed by atoms with van der Waals surface area (Å²) in [6.45, 7) is 2.49. The average Bonchev–Trinajstić information content (AvgIpc) is 2.48. The van der Waals surface area contributed by atoms with Gasteiger partial charge in [0.25, 0.3) is 0 Å². The topological polar surface area (TPSA) is 49.5 Å². The molecule has 0 bridgehead atoms. The molecule has 20 heavy (non-hydrogen) atoms. The van der Waals surface area contributed by atoms with Gasteiger partial charge in [-0.3, -0.25) is 4.90 Å². The van der Waals surface area contributed by atoms with E-state index >= 15 is 0 Å². The Kier molecular flexibility index (Phi) is 3.72. The lowest BCUT2D eigenvalue weighted by Gasteiger charge is -2.35. The highest BCUT2D eigenvalue weighted by Crippen LogP contribution is 2.28. The summed E-state index contributed by atoms with van der Waals surface area (Å²) in [5.74, 6) is 0.304. The van der Waals surface area contributed by atoms with Crippen LogP contribution in [0.25, 0.3) is 0 Å². The molecule has 2 aromatic rings. The van der Waals surface area contributed by atoms with Gasteiger partial charge in [0.1, 0.15) is 5.75 Å². The predicted molar refractivity (Wildman–Crippen MR) is 80.5 cm³/mol. The molecule has 0 amide bonds. The first-order valence-corrected chi connectivity index (χ1v) is 7.08. The zero-order valence-electron chi connectivity index (χ0n) is 11.5. The highest BCUT2D eigenvalue weighted by atomic mass is 16.3. The van der Waals surface area contributed by atoms with Crippen LogP contribution in [0.3, 0.4) is 0 Å². The first-order chi connectivity index (χ1) is 9.78. The molecule has 3 heteroatoms. The summed E-state index contributed by atoms with van der Waals surface area (Å²) in [5.41, 5.74) is 9.90. The molecule has 0 aliphatic carbocycles. The molecule has 1 aliphatic rings. The minimum atomic E-state index is 0.162. The van der Waals surface area contributed by atoms with Gasteiger partial charge in [-0.25, -0.2) is 0 Å². The Bertz CT molecular complexity index is 597. The zero-order valence-corrected chi connectivity index (χ0v) is 11.5. The van der Waals surface area contributed by atoms with Crippen molar-refractivity contribution in [3.63, 3.8) is 0 Å².